The van der Waals surface area contributed by atoms with Gasteiger partial charge < -0.3 is 19.6 Å². The third-order valence-electron chi connectivity index (χ3n) is 2.83. The van der Waals surface area contributed by atoms with Crippen molar-refractivity contribution in [2.75, 3.05) is 18.9 Å². The SMILES string of the molecule is COc1ccc(NS(=O)(=O)c2c[nH]c(CO)c2)cc1OC. The number of hydrogen-bond acceptors (Lipinski definition) is 5. The Morgan fingerprint density at radius 2 is 1.90 bits per heavy atom. The van der Waals surface area contributed by atoms with Gasteiger partial charge in [-0.3, -0.25) is 4.72 Å². The monoisotopic (exact) mass is 312 g/mol. The molecule has 3 N–H and O–H groups in total. The van der Waals surface area contributed by atoms with Gasteiger partial charge >= 0.3 is 0 Å². The summed E-state index contributed by atoms with van der Waals surface area (Å²) in [7, 11) is -0.770. The molecule has 0 amide bonds. The molecule has 7 nitrogen and oxygen atoms in total. The first-order chi connectivity index (χ1) is 10.00. The van der Waals surface area contributed by atoms with Crippen LogP contribution in [0.3, 0.4) is 0 Å². The minimum absolute atomic E-state index is 0.0429. The van der Waals surface area contributed by atoms with Gasteiger partial charge in [-0.25, -0.2) is 8.42 Å². The quantitative estimate of drug-likeness (QED) is 0.747. The number of aromatic amines is 1. The number of H-pyrrole nitrogens is 1. The number of methoxy groups -OCH3 is 2. The maximum atomic E-state index is 12.2. The van der Waals surface area contributed by atoms with Crippen LogP contribution in [0.15, 0.2) is 35.4 Å². The van der Waals surface area contributed by atoms with Crippen molar-refractivity contribution in [2.45, 2.75) is 11.5 Å². The molecule has 1 heterocycles. The lowest BCUT2D eigenvalue weighted by Gasteiger charge is -2.11. The molecule has 0 spiro atoms. The normalized spacial score (nSPS) is 11.2. The third-order valence-corrected chi connectivity index (χ3v) is 4.19. The molecule has 0 unspecified atom stereocenters. The molecule has 21 heavy (non-hydrogen) atoms. The smallest absolute Gasteiger partial charge is 0.263 e. The Morgan fingerprint density at radius 1 is 1.19 bits per heavy atom. The summed E-state index contributed by atoms with van der Waals surface area (Å²) >= 11 is 0. The minimum atomic E-state index is -3.74. The molecule has 8 heteroatoms. The zero-order valence-corrected chi connectivity index (χ0v) is 12.4. The van der Waals surface area contributed by atoms with Crippen LogP contribution in [0.25, 0.3) is 0 Å². The van der Waals surface area contributed by atoms with Gasteiger partial charge in [0.2, 0.25) is 0 Å². The molecule has 114 valence electrons. The number of aliphatic hydroxyl groups is 1. The number of aliphatic hydroxyl groups excluding tert-OH is 1. The minimum Gasteiger partial charge on any atom is -0.493 e. The van der Waals surface area contributed by atoms with Crippen molar-refractivity contribution in [1.29, 1.82) is 0 Å². The van der Waals surface area contributed by atoms with Crippen LogP contribution in [0.2, 0.25) is 0 Å². The molecule has 0 aliphatic carbocycles. The average Bonchev–Trinajstić information content (AvgIpc) is 2.96. The summed E-state index contributed by atoms with van der Waals surface area (Å²) in [5, 5.41) is 8.96. The van der Waals surface area contributed by atoms with Gasteiger partial charge in [0.25, 0.3) is 10.0 Å². The van der Waals surface area contributed by atoms with Crippen LogP contribution in [-0.4, -0.2) is 32.7 Å². The summed E-state index contributed by atoms with van der Waals surface area (Å²) in [6.07, 6.45) is 1.31. The molecular formula is C13H16N2O5S. The molecule has 0 bridgehead atoms. The van der Waals surface area contributed by atoms with E-state index in [0.29, 0.717) is 22.9 Å². The Kier molecular flexibility index (Phi) is 4.39. The Labute approximate surface area is 122 Å². The molecule has 1 aromatic carbocycles. The number of ether oxygens (including phenoxy) is 2. The highest BCUT2D eigenvalue weighted by Gasteiger charge is 2.17. The van der Waals surface area contributed by atoms with Crippen LogP contribution in [0, 0.1) is 0 Å². The molecule has 0 fully saturated rings. The van der Waals surface area contributed by atoms with Crippen molar-refractivity contribution in [2.24, 2.45) is 0 Å². The van der Waals surface area contributed by atoms with Gasteiger partial charge in [-0.15, -0.1) is 0 Å². The van der Waals surface area contributed by atoms with Crippen LogP contribution in [-0.2, 0) is 16.6 Å². The highest BCUT2D eigenvalue weighted by atomic mass is 32.2. The predicted molar refractivity (Wildman–Crippen MR) is 77.1 cm³/mol. The number of anilines is 1. The molecule has 0 aliphatic rings. The molecule has 0 atom stereocenters. The molecule has 2 aromatic rings. The maximum absolute atomic E-state index is 12.2. The van der Waals surface area contributed by atoms with E-state index in [-0.39, 0.29) is 11.5 Å². The van der Waals surface area contributed by atoms with E-state index in [1.54, 1.807) is 12.1 Å². The first-order valence-electron chi connectivity index (χ1n) is 6.03. The topological polar surface area (TPSA) is 101 Å². The fourth-order valence-electron chi connectivity index (χ4n) is 1.78. The molecular weight excluding hydrogens is 296 g/mol. The van der Waals surface area contributed by atoms with E-state index in [4.69, 9.17) is 14.6 Å². The number of rotatable bonds is 6. The number of hydrogen-bond donors (Lipinski definition) is 3. The van der Waals surface area contributed by atoms with Crippen LogP contribution in [0.4, 0.5) is 5.69 Å². The maximum Gasteiger partial charge on any atom is 0.263 e. The molecule has 2 rings (SSSR count). The number of nitrogens with one attached hydrogen (secondary N) is 2. The first kappa shape index (κ1) is 15.2. The molecule has 0 aliphatic heterocycles. The summed E-state index contributed by atoms with van der Waals surface area (Å²) in [6, 6.07) is 6.06. The van der Waals surface area contributed by atoms with E-state index >= 15 is 0 Å². The second kappa shape index (κ2) is 6.06. The van der Waals surface area contributed by atoms with E-state index < -0.39 is 10.0 Å². The number of sulfonamides is 1. The Balaban J connectivity index is 2.28. The Bertz CT molecular complexity index is 724. The van der Waals surface area contributed by atoms with Gasteiger partial charge in [0.05, 0.1) is 26.5 Å². The lowest BCUT2D eigenvalue weighted by atomic mass is 10.3. The van der Waals surface area contributed by atoms with Gasteiger partial charge in [0.1, 0.15) is 4.90 Å². The fraction of sp³-hybridized carbons (Fsp3) is 0.231. The molecule has 0 saturated heterocycles. The van der Waals surface area contributed by atoms with E-state index in [1.807, 2.05) is 0 Å². The zero-order valence-electron chi connectivity index (χ0n) is 11.6. The summed E-state index contributed by atoms with van der Waals surface area (Å²) in [4.78, 5) is 2.72. The fourth-order valence-corrected chi connectivity index (χ4v) is 2.85. The van der Waals surface area contributed by atoms with Crippen LogP contribution in [0.1, 0.15) is 5.69 Å². The van der Waals surface area contributed by atoms with E-state index in [0.717, 1.165) is 0 Å². The van der Waals surface area contributed by atoms with E-state index in [2.05, 4.69) is 9.71 Å². The molecule has 0 radical (unpaired) electrons. The van der Waals surface area contributed by atoms with Crippen molar-refractivity contribution >= 4 is 15.7 Å². The second-order valence-electron chi connectivity index (χ2n) is 4.19. The van der Waals surface area contributed by atoms with Gasteiger partial charge in [-0.1, -0.05) is 0 Å². The highest BCUT2D eigenvalue weighted by Crippen LogP contribution is 2.30. The van der Waals surface area contributed by atoms with Crippen LogP contribution in [0.5, 0.6) is 11.5 Å². The lowest BCUT2D eigenvalue weighted by molar-refractivity contribution is 0.277. The molecule has 1 aromatic heterocycles. The summed E-state index contributed by atoms with van der Waals surface area (Å²) in [5.41, 5.74) is 0.766. The standard InChI is InChI=1S/C13H16N2O5S/c1-19-12-4-3-9(6-13(12)20-2)15-21(17,18)11-5-10(8-16)14-7-11/h3-7,14-16H,8H2,1-2H3. The third kappa shape index (κ3) is 3.29. The average molecular weight is 312 g/mol. The van der Waals surface area contributed by atoms with Gasteiger partial charge in [-0.2, -0.15) is 0 Å². The van der Waals surface area contributed by atoms with E-state index in [1.165, 1.54) is 32.5 Å². The summed E-state index contributed by atoms with van der Waals surface area (Å²) < 4.78 is 37.0. The van der Waals surface area contributed by atoms with Crippen LogP contribution >= 0.6 is 0 Å². The van der Waals surface area contributed by atoms with Crippen molar-refractivity contribution < 1.29 is 23.0 Å². The Morgan fingerprint density at radius 3 is 2.48 bits per heavy atom. The van der Waals surface area contributed by atoms with Gasteiger partial charge in [0, 0.05) is 18.0 Å². The van der Waals surface area contributed by atoms with Crippen molar-refractivity contribution in [1.82, 2.24) is 4.98 Å². The highest BCUT2D eigenvalue weighted by molar-refractivity contribution is 7.92. The van der Waals surface area contributed by atoms with Gasteiger partial charge in [0.15, 0.2) is 11.5 Å². The zero-order chi connectivity index (χ0) is 15.5. The Hall–Kier alpha value is -2.19. The number of benzene rings is 1. The van der Waals surface area contributed by atoms with Crippen molar-refractivity contribution in [3.05, 3.63) is 36.2 Å². The number of aromatic nitrogens is 1. The van der Waals surface area contributed by atoms with Crippen LogP contribution < -0.4 is 14.2 Å². The predicted octanol–water partition coefficient (Wildman–Crippen LogP) is 1.32. The largest absolute Gasteiger partial charge is 0.493 e. The lowest BCUT2D eigenvalue weighted by Crippen LogP contribution is -2.12. The van der Waals surface area contributed by atoms with Crippen molar-refractivity contribution in [3.63, 3.8) is 0 Å². The first-order valence-corrected chi connectivity index (χ1v) is 7.51. The second-order valence-corrected chi connectivity index (χ2v) is 5.88. The molecule has 0 saturated carbocycles. The summed E-state index contributed by atoms with van der Waals surface area (Å²) in [6.45, 7) is -0.258. The van der Waals surface area contributed by atoms with E-state index in [9.17, 15) is 8.42 Å². The summed E-state index contributed by atoms with van der Waals surface area (Å²) in [5.74, 6) is 0.924. The van der Waals surface area contributed by atoms with Gasteiger partial charge in [-0.05, 0) is 18.2 Å². The van der Waals surface area contributed by atoms with Crippen molar-refractivity contribution in [3.8, 4) is 11.5 Å².